The summed E-state index contributed by atoms with van der Waals surface area (Å²) in [6.07, 6.45) is 4.82. The van der Waals surface area contributed by atoms with Gasteiger partial charge in [-0.05, 0) is 51.8 Å². The molecule has 176 valence electrons. The van der Waals surface area contributed by atoms with Crippen LogP contribution in [0.3, 0.4) is 0 Å². The number of benzene rings is 1. The van der Waals surface area contributed by atoms with E-state index in [4.69, 9.17) is 14.5 Å². The van der Waals surface area contributed by atoms with Crippen LogP contribution in [0.5, 0.6) is 11.5 Å². The van der Waals surface area contributed by atoms with E-state index in [-0.39, 0.29) is 35.6 Å². The number of guanidine groups is 1. The Labute approximate surface area is 207 Å². The number of pyridine rings is 1. The molecule has 1 unspecified atom stereocenters. The smallest absolute Gasteiger partial charge is 0.250 e. The molecule has 1 aliphatic rings. The second-order valence-electron chi connectivity index (χ2n) is 7.69. The third kappa shape index (κ3) is 7.43. The van der Waals surface area contributed by atoms with Crippen molar-refractivity contribution in [3.8, 4) is 11.5 Å². The van der Waals surface area contributed by atoms with Crippen LogP contribution in [0.25, 0.3) is 0 Å². The highest BCUT2D eigenvalue weighted by Crippen LogP contribution is 2.35. The van der Waals surface area contributed by atoms with Crippen molar-refractivity contribution in [2.45, 2.75) is 59.2 Å². The van der Waals surface area contributed by atoms with E-state index in [0.717, 1.165) is 61.9 Å². The summed E-state index contributed by atoms with van der Waals surface area (Å²) in [6, 6.07) is 9.41. The second-order valence-corrected chi connectivity index (χ2v) is 7.69. The number of rotatable bonds is 10. The van der Waals surface area contributed by atoms with Gasteiger partial charge < -0.3 is 24.7 Å². The minimum atomic E-state index is 0. The van der Waals surface area contributed by atoms with Crippen LogP contribution >= 0.6 is 24.0 Å². The molecular formula is C24H35IN4O3. The number of hydrogen-bond acceptors (Lipinski definition) is 4. The normalized spacial score (nSPS) is 14.8. The molecule has 0 saturated carbocycles. The molecule has 32 heavy (non-hydrogen) atoms. The van der Waals surface area contributed by atoms with E-state index in [2.05, 4.69) is 36.6 Å². The number of unbranched alkanes of at least 4 members (excludes halogenated alkanes) is 1. The van der Waals surface area contributed by atoms with Gasteiger partial charge in [0, 0.05) is 49.4 Å². The van der Waals surface area contributed by atoms with Gasteiger partial charge in [0.05, 0.1) is 13.2 Å². The van der Waals surface area contributed by atoms with Crippen molar-refractivity contribution in [2.75, 3.05) is 19.7 Å². The number of nitrogens with zero attached hydrogens (tertiary/aromatic N) is 2. The molecular weight excluding hydrogens is 519 g/mol. The molecule has 0 bridgehead atoms. The van der Waals surface area contributed by atoms with Crippen molar-refractivity contribution in [3.05, 3.63) is 58.0 Å². The largest absolute Gasteiger partial charge is 0.494 e. The van der Waals surface area contributed by atoms with Crippen LogP contribution < -0.4 is 25.7 Å². The van der Waals surface area contributed by atoms with Crippen molar-refractivity contribution in [2.24, 2.45) is 4.99 Å². The van der Waals surface area contributed by atoms with Crippen molar-refractivity contribution in [1.29, 1.82) is 0 Å². The maximum atomic E-state index is 11.8. The van der Waals surface area contributed by atoms with Crippen LogP contribution in [-0.2, 0) is 19.5 Å². The molecule has 8 heteroatoms. The average molecular weight is 554 g/mol. The summed E-state index contributed by atoms with van der Waals surface area (Å²) < 4.78 is 13.5. The zero-order valence-electron chi connectivity index (χ0n) is 19.2. The molecule has 1 aromatic heterocycles. The number of aromatic nitrogens is 1. The Morgan fingerprint density at radius 1 is 1.25 bits per heavy atom. The molecule has 7 nitrogen and oxygen atoms in total. The van der Waals surface area contributed by atoms with E-state index < -0.39 is 0 Å². The van der Waals surface area contributed by atoms with Gasteiger partial charge in [0.2, 0.25) is 5.56 Å². The van der Waals surface area contributed by atoms with Gasteiger partial charge in [-0.1, -0.05) is 6.07 Å². The fraction of sp³-hybridized carbons (Fsp3) is 0.500. The van der Waals surface area contributed by atoms with Crippen LogP contribution in [0.2, 0.25) is 0 Å². The third-order valence-electron chi connectivity index (χ3n) is 5.15. The summed E-state index contributed by atoms with van der Waals surface area (Å²) in [6.45, 7) is 9.55. The molecule has 1 atom stereocenters. The van der Waals surface area contributed by atoms with Gasteiger partial charge in [-0.2, -0.15) is 0 Å². The van der Waals surface area contributed by atoms with E-state index in [9.17, 15) is 4.79 Å². The summed E-state index contributed by atoms with van der Waals surface area (Å²) >= 11 is 0. The molecule has 0 fully saturated rings. The number of fused-ring (bicyclic) bond motifs is 1. The van der Waals surface area contributed by atoms with Gasteiger partial charge in [-0.25, -0.2) is 4.99 Å². The maximum Gasteiger partial charge on any atom is 0.250 e. The lowest BCUT2D eigenvalue weighted by Gasteiger charge is -2.14. The molecule has 0 spiro atoms. The number of halogens is 1. The summed E-state index contributed by atoms with van der Waals surface area (Å²) in [4.78, 5) is 16.5. The Morgan fingerprint density at radius 2 is 2.09 bits per heavy atom. The monoisotopic (exact) mass is 554 g/mol. The number of aliphatic imine (C=N–C) groups is 1. The molecule has 0 saturated heterocycles. The summed E-state index contributed by atoms with van der Waals surface area (Å²) in [5.41, 5.74) is 2.27. The van der Waals surface area contributed by atoms with Crippen LogP contribution in [0.4, 0.5) is 0 Å². The van der Waals surface area contributed by atoms with E-state index in [1.807, 2.05) is 19.2 Å². The summed E-state index contributed by atoms with van der Waals surface area (Å²) in [5, 5.41) is 6.68. The van der Waals surface area contributed by atoms with E-state index in [1.54, 1.807) is 16.7 Å². The minimum Gasteiger partial charge on any atom is -0.494 e. The lowest BCUT2D eigenvalue weighted by Crippen LogP contribution is -2.37. The number of hydrogen-bond donors (Lipinski definition) is 2. The van der Waals surface area contributed by atoms with Gasteiger partial charge in [-0.15, -0.1) is 24.0 Å². The topological polar surface area (TPSA) is 76.9 Å². The Bertz CT molecular complexity index is 945. The maximum absolute atomic E-state index is 11.8. The van der Waals surface area contributed by atoms with Crippen LogP contribution in [0, 0.1) is 0 Å². The summed E-state index contributed by atoms with van der Waals surface area (Å²) in [5.74, 6) is 2.60. The third-order valence-corrected chi connectivity index (χ3v) is 5.15. The lowest BCUT2D eigenvalue weighted by atomic mass is 10.1. The predicted molar refractivity (Wildman–Crippen MR) is 140 cm³/mol. The summed E-state index contributed by atoms with van der Waals surface area (Å²) in [7, 11) is 0. The number of nitrogens with one attached hydrogen (secondary N) is 2. The Morgan fingerprint density at radius 3 is 2.84 bits per heavy atom. The quantitative estimate of drug-likeness (QED) is 0.203. The number of ether oxygens (including phenoxy) is 2. The zero-order valence-corrected chi connectivity index (χ0v) is 21.6. The SMILES string of the molecule is CCNC(=NCc1cc2c(cc1OCC)CC(C)O2)NCCCCn1ccccc1=O.I. The molecule has 1 aromatic carbocycles. The fourth-order valence-corrected chi connectivity index (χ4v) is 3.66. The van der Waals surface area contributed by atoms with Gasteiger partial charge in [-0.3, -0.25) is 4.79 Å². The number of aryl methyl sites for hydroxylation is 1. The van der Waals surface area contributed by atoms with E-state index >= 15 is 0 Å². The van der Waals surface area contributed by atoms with Gasteiger partial charge in [0.15, 0.2) is 5.96 Å². The van der Waals surface area contributed by atoms with Crippen molar-refractivity contribution >= 4 is 29.9 Å². The molecule has 2 N–H and O–H groups in total. The van der Waals surface area contributed by atoms with Crippen LogP contribution in [0.15, 0.2) is 46.3 Å². The first-order valence-electron chi connectivity index (χ1n) is 11.2. The highest BCUT2D eigenvalue weighted by molar-refractivity contribution is 14.0. The molecule has 2 heterocycles. The minimum absolute atomic E-state index is 0. The zero-order chi connectivity index (χ0) is 22.1. The highest BCUT2D eigenvalue weighted by atomic mass is 127. The highest BCUT2D eigenvalue weighted by Gasteiger charge is 2.21. The first-order valence-corrected chi connectivity index (χ1v) is 11.2. The first-order chi connectivity index (χ1) is 15.1. The van der Waals surface area contributed by atoms with Crippen LogP contribution in [0.1, 0.15) is 44.7 Å². The van der Waals surface area contributed by atoms with Gasteiger partial charge in [0.25, 0.3) is 0 Å². The van der Waals surface area contributed by atoms with Crippen LogP contribution in [-0.4, -0.2) is 36.3 Å². The Hall–Kier alpha value is -2.23. The molecule has 0 aliphatic carbocycles. The van der Waals surface area contributed by atoms with Crippen molar-refractivity contribution < 1.29 is 9.47 Å². The average Bonchev–Trinajstić information content (AvgIpc) is 3.11. The predicted octanol–water partition coefficient (Wildman–Crippen LogP) is 3.72. The van der Waals surface area contributed by atoms with E-state index in [0.29, 0.717) is 13.2 Å². The van der Waals surface area contributed by atoms with Gasteiger partial charge >= 0.3 is 0 Å². The molecule has 1 aliphatic heterocycles. The van der Waals surface area contributed by atoms with Gasteiger partial charge in [0.1, 0.15) is 17.6 Å². The van der Waals surface area contributed by atoms with Crippen molar-refractivity contribution in [1.82, 2.24) is 15.2 Å². The Kier molecular flexibility index (Phi) is 10.9. The lowest BCUT2D eigenvalue weighted by molar-refractivity contribution is 0.254. The standard InChI is InChI=1S/C24H34N4O3.HI/c1-4-25-24(26-11-7-9-13-28-12-8-6-10-23(28)29)27-17-20-16-22-19(14-18(3)31-22)15-21(20)30-5-2;/h6,8,10,12,15-16,18H,4-5,7,9,11,13-14,17H2,1-3H3,(H2,25,26,27);1H. The second kappa shape index (κ2) is 13.3. The molecule has 3 rings (SSSR count). The van der Waals surface area contributed by atoms with Crippen molar-refractivity contribution in [3.63, 3.8) is 0 Å². The molecule has 2 aromatic rings. The molecule has 0 radical (unpaired) electrons. The van der Waals surface area contributed by atoms with E-state index in [1.165, 1.54) is 5.56 Å². The Balaban J connectivity index is 0.00000363. The molecule has 0 amide bonds. The fourth-order valence-electron chi connectivity index (χ4n) is 3.66. The first kappa shape index (κ1) is 26.0.